The Morgan fingerprint density at radius 1 is 1.00 bits per heavy atom. The van der Waals surface area contributed by atoms with Crippen molar-refractivity contribution in [1.82, 2.24) is 4.90 Å². The summed E-state index contributed by atoms with van der Waals surface area (Å²) in [5, 5.41) is 5.18. The molecule has 0 aromatic heterocycles. The highest BCUT2D eigenvalue weighted by Gasteiger charge is 2.06. The van der Waals surface area contributed by atoms with Crippen molar-refractivity contribution >= 4 is 17.3 Å². The van der Waals surface area contributed by atoms with Crippen molar-refractivity contribution in [2.75, 3.05) is 26.2 Å². The van der Waals surface area contributed by atoms with Crippen LogP contribution in [0.3, 0.4) is 0 Å². The number of likely N-dealkylation sites (N-methyl/N-ethyl adjacent to an activating group) is 1. The smallest absolute Gasteiger partial charge is 0.129 e. The summed E-state index contributed by atoms with van der Waals surface area (Å²) < 4.78 is 0. The first kappa shape index (κ1) is 20.5. The first-order chi connectivity index (χ1) is 12.7. The van der Waals surface area contributed by atoms with Gasteiger partial charge in [0.25, 0.3) is 0 Å². The molecule has 0 N–H and O–H groups in total. The summed E-state index contributed by atoms with van der Waals surface area (Å²) in [5.41, 5.74) is 3.41. The van der Waals surface area contributed by atoms with Gasteiger partial charge in [0, 0.05) is 11.6 Å². The Kier molecular flexibility index (Phi) is 9.22. The Morgan fingerprint density at radius 3 is 2.35 bits per heavy atom. The second-order valence-corrected chi connectivity index (χ2v) is 6.68. The van der Waals surface area contributed by atoms with Crippen LogP contribution >= 0.6 is 11.6 Å². The van der Waals surface area contributed by atoms with E-state index in [-0.39, 0.29) is 0 Å². The summed E-state index contributed by atoms with van der Waals surface area (Å²) in [6, 6.07) is 18.4. The van der Waals surface area contributed by atoms with Gasteiger partial charge in [-0.05, 0) is 55.6 Å². The van der Waals surface area contributed by atoms with E-state index in [1.807, 2.05) is 30.3 Å². The fourth-order valence-corrected chi connectivity index (χ4v) is 2.95. The van der Waals surface area contributed by atoms with Crippen LogP contribution in [0.1, 0.15) is 37.8 Å². The largest absolute Gasteiger partial charge is 0.394 e. The van der Waals surface area contributed by atoms with Gasteiger partial charge < -0.3 is 9.74 Å². The number of oxime groups is 1. The van der Waals surface area contributed by atoms with E-state index < -0.39 is 0 Å². The second kappa shape index (κ2) is 11.7. The van der Waals surface area contributed by atoms with Gasteiger partial charge in [-0.2, -0.15) is 0 Å². The van der Waals surface area contributed by atoms with Gasteiger partial charge in [0.15, 0.2) is 0 Å². The lowest BCUT2D eigenvalue weighted by Gasteiger charge is -2.16. The Morgan fingerprint density at radius 2 is 1.69 bits per heavy atom. The lowest BCUT2D eigenvalue weighted by Crippen LogP contribution is -2.26. The number of halogens is 1. The van der Waals surface area contributed by atoms with E-state index in [2.05, 4.69) is 48.2 Å². The summed E-state index contributed by atoms with van der Waals surface area (Å²) in [6.07, 6.45) is 2.94. The Labute approximate surface area is 162 Å². The minimum Gasteiger partial charge on any atom is -0.394 e. The van der Waals surface area contributed by atoms with Gasteiger partial charge in [-0.25, -0.2) is 0 Å². The van der Waals surface area contributed by atoms with Gasteiger partial charge in [0.05, 0.1) is 5.71 Å². The van der Waals surface area contributed by atoms with E-state index in [9.17, 15) is 0 Å². The average molecular weight is 373 g/mol. The Hall–Kier alpha value is -1.84. The van der Waals surface area contributed by atoms with Crippen LogP contribution in [0.5, 0.6) is 0 Å². The molecule has 0 radical (unpaired) electrons. The number of rotatable bonds is 11. The minimum atomic E-state index is 0.609. The molecule has 0 unspecified atom stereocenters. The summed E-state index contributed by atoms with van der Waals surface area (Å²) in [5.74, 6) is 0. The molecule has 26 heavy (non-hydrogen) atoms. The number of hydrogen-bond donors (Lipinski definition) is 0. The van der Waals surface area contributed by atoms with E-state index in [0.29, 0.717) is 6.61 Å². The van der Waals surface area contributed by atoms with Crippen LogP contribution in [-0.4, -0.2) is 36.9 Å². The normalized spacial score (nSPS) is 11.8. The molecule has 0 saturated carbocycles. The van der Waals surface area contributed by atoms with Gasteiger partial charge >= 0.3 is 0 Å². The van der Waals surface area contributed by atoms with Crippen molar-refractivity contribution in [3.8, 4) is 0 Å². The third kappa shape index (κ3) is 7.19. The second-order valence-electron chi connectivity index (χ2n) is 6.24. The van der Waals surface area contributed by atoms with Gasteiger partial charge in [-0.3, -0.25) is 0 Å². The lowest BCUT2D eigenvalue weighted by molar-refractivity contribution is 0.114. The lowest BCUT2D eigenvalue weighted by atomic mass is 10.0. The first-order valence-corrected chi connectivity index (χ1v) is 9.81. The van der Waals surface area contributed by atoms with Gasteiger partial charge in [-0.1, -0.05) is 73.1 Å². The standard InChI is InChI=1S/C22H29ClN2O/c1-3-25(4-2)17-18-26-24-22(20-13-15-21(23)16-14-20)12-8-11-19-9-6-5-7-10-19/h5-7,9-10,13-16H,3-4,8,11-12,17-18H2,1-2H3. The van der Waals surface area contributed by atoms with Crippen LogP contribution in [-0.2, 0) is 11.3 Å². The number of hydrogen-bond acceptors (Lipinski definition) is 3. The molecule has 0 atom stereocenters. The monoisotopic (exact) mass is 372 g/mol. The Bertz CT molecular complexity index is 652. The summed E-state index contributed by atoms with van der Waals surface area (Å²) >= 11 is 6.02. The predicted molar refractivity (Wildman–Crippen MR) is 111 cm³/mol. The molecule has 0 aliphatic carbocycles. The maximum absolute atomic E-state index is 6.02. The van der Waals surface area contributed by atoms with Crippen LogP contribution in [0.15, 0.2) is 59.8 Å². The number of aryl methyl sites for hydroxylation is 1. The number of benzene rings is 2. The molecule has 0 heterocycles. The first-order valence-electron chi connectivity index (χ1n) is 9.44. The molecule has 2 rings (SSSR count). The highest BCUT2D eigenvalue weighted by molar-refractivity contribution is 6.30. The molecule has 3 nitrogen and oxygen atoms in total. The average Bonchev–Trinajstić information content (AvgIpc) is 2.68. The quantitative estimate of drug-likeness (QED) is 0.298. The summed E-state index contributed by atoms with van der Waals surface area (Å²) in [7, 11) is 0. The van der Waals surface area contributed by atoms with E-state index in [0.717, 1.165) is 55.2 Å². The van der Waals surface area contributed by atoms with E-state index in [4.69, 9.17) is 16.4 Å². The van der Waals surface area contributed by atoms with Crippen molar-refractivity contribution in [2.24, 2.45) is 5.16 Å². The third-order valence-corrected chi connectivity index (χ3v) is 4.72. The van der Waals surface area contributed by atoms with Crippen molar-refractivity contribution in [3.63, 3.8) is 0 Å². The van der Waals surface area contributed by atoms with E-state index >= 15 is 0 Å². The van der Waals surface area contributed by atoms with Gasteiger partial charge in [0.2, 0.25) is 0 Å². The molecule has 0 spiro atoms. The minimum absolute atomic E-state index is 0.609. The summed E-state index contributed by atoms with van der Waals surface area (Å²) in [6.45, 7) is 7.90. The Balaban J connectivity index is 1.94. The SMILES string of the molecule is CCN(CC)CCON=C(CCCc1ccccc1)c1ccc(Cl)cc1. The molecule has 2 aromatic rings. The fourth-order valence-electron chi connectivity index (χ4n) is 2.82. The van der Waals surface area contributed by atoms with Crippen molar-refractivity contribution in [1.29, 1.82) is 0 Å². The zero-order valence-corrected chi connectivity index (χ0v) is 16.6. The van der Waals surface area contributed by atoms with Crippen molar-refractivity contribution in [2.45, 2.75) is 33.1 Å². The zero-order valence-electron chi connectivity index (χ0n) is 15.8. The number of nitrogens with zero attached hydrogens (tertiary/aromatic N) is 2. The zero-order chi connectivity index (χ0) is 18.6. The molecule has 0 bridgehead atoms. The molecule has 0 aliphatic heterocycles. The van der Waals surface area contributed by atoms with Crippen molar-refractivity contribution < 1.29 is 4.84 Å². The summed E-state index contributed by atoms with van der Waals surface area (Å²) in [4.78, 5) is 7.96. The van der Waals surface area contributed by atoms with Gasteiger partial charge in [-0.15, -0.1) is 0 Å². The van der Waals surface area contributed by atoms with Crippen LogP contribution in [0.25, 0.3) is 0 Å². The van der Waals surface area contributed by atoms with Crippen molar-refractivity contribution in [3.05, 3.63) is 70.7 Å². The predicted octanol–water partition coefficient (Wildman–Crippen LogP) is 5.43. The topological polar surface area (TPSA) is 24.8 Å². The van der Waals surface area contributed by atoms with E-state index in [1.54, 1.807) is 0 Å². The maximum Gasteiger partial charge on any atom is 0.129 e. The molecule has 0 aliphatic rings. The van der Waals surface area contributed by atoms with Crippen LogP contribution in [0.4, 0.5) is 0 Å². The molecular weight excluding hydrogens is 344 g/mol. The van der Waals surface area contributed by atoms with Gasteiger partial charge in [0.1, 0.15) is 6.61 Å². The molecule has 4 heteroatoms. The van der Waals surface area contributed by atoms with Crippen LogP contribution < -0.4 is 0 Å². The molecule has 140 valence electrons. The molecule has 2 aromatic carbocycles. The maximum atomic E-state index is 6.02. The molecule has 0 amide bonds. The van der Waals surface area contributed by atoms with Crippen LogP contribution in [0, 0.1) is 0 Å². The fraction of sp³-hybridized carbons (Fsp3) is 0.409. The third-order valence-electron chi connectivity index (χ3n) is 4.47. The molecular formula is C22H29ClN2O. The van der Waals surface area contributed by atoms with E-state index in [1.165, 1.54) is 5.56 Å². The molecule has 0 fully saturated rings. The van der Waals surface area contributed by atoms with Crippen LogP contribution in [0.2, 0.25) is 5.02 Å². The highest BCUT2D eigenvalue weighted by Crippen LogP contribution is 2.14. The molecule has 0 saturated heterocycles. The highest BCUT2D eigenvalue weighted by atomic mass is 35.5.